The van der Waals surface area contributed by atoms with Crippen molar-refractivity contribution in [3.05, 3.63) is 35.2 Å². The van der Waals surface area contributed by atoms with Gasteiger partial charge in [-0.15, -0.1) is 0 Å². The van der Waals surface area contributed by atoms with E-state index < -0.39 is 0 Å². The molecule has 1 aromatic heterocycles. The summed E-state index contributed by atoms with van der Waals surface area (Å²) in [6.07, 6.45) is 3.05. The lowest BCUT2D eigenvalue weighted by Gasteiger charge is -2.26. The Bertz CT molecular complexity index is 634. The molecule has 0 aliphatic rings. The first kappa shape index (κ1) is 15.0. The van der Waals surface area contributed by atoms with Gasteiger partial charge in [-0.1, -0.05) is 47.6 Å². The third kappa shape index (κ3) is 2.56. The molecule has 1 heterocycles. The maximum atomic E-state index is 4.79. The molecule has 0 bridgehead atoms. The zero-order valence-corrected chi connectivity index (χ0v) is 13.8. The molecule has 0 unspecified atom stereocenters. The SMILES string of the molecule is CCC(C)(C)c1ccc2nc(C(C)(C)C)cnc2c1C. The van der Waals surface area contributed by atoms with Crippen LogP contribution in [0.2, 0.25) is 0 Å². The lowest BCUT2D eigenvalue weighted by Crippen LogP contribution is -2.18. The van der Waals surface area contributed by atoms with Gasteiger partial charge in [-0.25, -0.2) is 4.98 Å². The molecule has 108 valence electrons. The van der Waals surface area contributed by atoms with Crippen molar-refractivity contribution in [1.82, 2.24) is 9.97 Å². The van der Waals surface area contributed by atoms with E-state index in [1.54, 1.807) is 0 Å². The largest absolute Gasteiger partial charge is 0.252 e. The quantitative estimate of drug-likeness (QED) is 0.773. The molecule has 0 N–H and O–H groups in total. The average Bonchev–Trinajstić information content (AvgIpc) is 2.37. The predicted octanol–water partition coefficient (Wildman–Crippen LogP) is 4.92. The maximum Gasteiger partial charge on any atom is 0.0919 e. The molecule has 0 amide bonds. The fourth-order valence-corrected chi connectivity index (χ4v) is 2.51. The number of benzene rings is 1. The third-order valence-electron chi connectivity index (χ3n) is 4.35. The second-order valence-electron chi connectivity index (χ2n) is 7.35. The van der Waals surface area contributed by atoms with E-state index in [2.05, 4.69) is 60.6 Å². The van der Waals surface area contributed by atoms with Gasteiger partial charge in [-0.2, -0.15) is 0 Å². The summed E-state index contributed by atoms with van der Waals surface area (Å²) < 4.78 is 0. The van der Waals surface area contributed by atoms with Gasteiger partial charge in [-0.3, -0.25) is 4.98 Å². The number of hydrogen-bond donors (Lipinski definition) is 0. The van der Waals surface area contributed by atoms with Gasteiger partial charge in [0.2, 0.25) is 0 Å². The molecule has 1 aromatic carbocycles. The number of aromatic nitrogens is 2. The van der Waals surface area contributed by atoms with Crippen LogP contribution in [0.3, 0.4) is 0 Å². The van der Waals surface area contributed by atoms with Crippen LogP contribution in [-0.4, -0.2) is 9.97 Å². The highest BCUT2D eigenvalue weighted by Gasteiger charge is 2.22. The lowest BCUT2D eigenvalue weighted by molar-refractivity contribution is 0.504. The summed E-state index contributed by atoms with van der Waals surface area (Å²) in [6.45, 7) is 15.5. The van der Waals surface area contributed by atoms with Gasteiger partial charge < -0.3 is 0 Å². The number of aryl methyl sites for hydroxylation is 1. The molecule has 0 fully saturated rings. The first-order valence-corrected chi connectivity index (χ1v) is 7.44. The summed E-state index contributed by atoms with van der Waals surface area (Å²) in [4.78, 5) is 9.49. The van der Waals surface area contributed by atoms with Gasteiger partial charge in [0.25, 0.3) is 0 Å². The van der Waals surface area contributed by atoms with Crippen LogP contribution in [0.4, 0.5) is 0 Å². The van der Waals surface area contributed by atoms with Gasteiger partial charge in [0.1, 0.15) is 0 Å². The van der Waals surface area contributed by atoms with Crippen molar-refractivity contribution in [2.24, 2.45) is 0 Å². The van der Waals surface area contributed by atoms with Gasteiger partial charge in [0.15, 0.2) is 0 Å². The molecular formula is C18H26N2. The molecule has 2 heteroatoms. The molecular weight excluding hydrogens is 244 g/mol. The highest BCUT2D eigenvalue weighted by atomic mass is 14.8. The molecule has 0 spiro atoms. The standard InChI is InChI=1S/C18H26N2/c1-8-18(6,7)13-9-10-14-16(12(13)2)19-11-15(20-14)17(3,4)5/h9-11H,8H2,1-7H3. The van der Waals surface area contributed by atoms with E-state index in [0.29, 0.717) is 0 Å². The van der Waals surface area contributed by atoms with E-state index in [1.807, 2.05) is 6.20 Å². The summed E-state index contributed by atoms with van der Waals surface area (Å²) >= 11 is 0. The number of nitrogens with zero attached hydrogens (tertiary/aromatic N) is 2. The van der Waals surface area contributed by atoms with Crippen LogP contribution in [0.1, 0.15) is 64.8 Å². The van der Waals surface area contributed by atoms with Gasteiger partial charge in [0, 0.05) is 11.6 Å². The smallest absolute Gasteiger partial charge is 0.0919 e. The summed E-state index contributed by atoms with van der Waals surface area (Å²) in [5.41, 5.74) is 5.96. The van der Waals surface area contributed by atoms with Crippen molar-refractivity contribution in [1.29, 1.82) is 0 Å². The van der Waals surface area contributed by atoms with Crippen LogP contribution >= 0.6 is 0 Å². The van der Waals surface area contributed by atoms with Crippen LogP contribution in [0.5, 0.6) is 0 Å². The molecule has 0 atom stereocenters. The zero-order chi connectivity index (χ0) is 15.1. The van der Waals surface area contributed by atoms with Gasteiger partial charge in [-0.05, 0) is 36.0 Å². The summed E-state index contributed by atoms with van der Waals surface area (Å²) in [5.74, 6) is 0. The monoisotopic (exact) mass is 270 g/mol. The number of hydrogen-bond acceptors (Lipinski definition) is 2. The van der Waals surface area contributed by atoms with Crippen molar-refractivity contribution in [2.45, 2.75) is 65.7 Å². The van der Waals surface area contributed by atoms with E-state index in [1.165, 1.54) is 11.1 Å². The van der Waals surface area contributed by atoms with E-state index in [9.17, 15) is 0 Å². The molecule has 2 aromatic rings. The average molecular weight is 270 g/mol. The molecule has 0 radical (unpaired) electrons. The third-order valence-corrected chi connectivity index (χ3v) is 4.35. The van der Waals surface area contributed by atoms with Crippen LogP contribution in [-0.2, 0) is 10.8 Å². The van der Waals surface area contributed by atoms with E-state index >= 15 is 0 Å². The van der Waals surface area contributed by atoms with Crippen LogP contribution < -0.4 is 0 Å². The Morgan fingerprint density at radius 2 is 1.70 bits per heavy atom. The van der Waals surface area contributed by atoms with E-state index in [0.717, 1.165) is 23.1 Å². The lowest BCUT2D eigenvalue weighted by atomic mass is 9.79. The van der Waals surface area contributed by atoms with Crippen molar-refractivity contribution >= 4 is 11.0 Å². The van der Waals surface area contributed by atoms with E-state index in [-0.39, 0.29) is 10.8 Å². The first-order chi connectivity index (χ1) is 9.16. The highest BCUT2D eigenvalue weighted by Crippen LogP contribution is 2.32. The van der Waals surface area contributed by atoms with Crippen LogP contribution in [0.25, 0.3) is 11.0 Å². The molecule has 0 aliphatic heterocycles. The molecule has 2 nitrogen and oxygen atoms in total. The number of rotatable bonds is 2. The van der Waals surface area contributed by atoms with Crippen LogP contribution in [0.15, 0.2) is 18.3 Å². The molecule has 20 heavy (non-hydrogen) atoms. The van der Waals surface area contributed by atoms with Gasteiger partial charge in [0.05, 0.1) is 16.7 Å². The van der Waals surface area contributed by atoms with Gasteiger partial charge >= 0.3 is 0 Å². The summed E-state index contributed by atoms with van der Waals surface area (Å²) in [5, 5.41) is 0. The number of fused-ring (bicyclic) bond motifs is 1. The maximum absolute atomic E-state index is 4.79. The Balaban J connectivity index is 2.65. The zero-order valence-electron chi connectivity index (χ0n) is 13.8. The van der Waals surface area contributed by atoms with Crippen molar-refractivity contribution in [3.63, 3.8) is 0 Å². The fraction of sp³-hybridized carbons (Fsp3) is 0.556. The fourth-order valence-electron chi connectivity index (χ4n) is 2.51. The Morgan fingerprint density at radius 3 is 2.25 bits per heavy atom. The molecule has 0 saturated heterocycles. The van der Waals surface area contributed by atoms with Crippen molar-refractivity contribution in [3.8, 4) is 0 Å². The topological polar surface area (TPSA) is 25.8 Å². The predicted molar refractivity (Wildman–Crippen MR) is 86.3 cm³/mol. The Labute approximate surface area is 122 Å². The Hall–Kier alpha value is -1.44. The Morgan fingerprint density at radius 1 is 1.05 bits per heavy atom. The molecule has 0 saturated carbocycles. The van der Waals surface area contributed by atoms with Crippen molar-refractivity contribution < 1.29 is 0 Å². The minimum Gasteiger partial charge on any atom is -0.252 e. The Kier molecular flexibility index (Phi) is 3.62. The summed E-state index contributed by atoms with van der Waals surface area (Å²) in [7, 11) is 0. The normalized spacial score (nSPS) is 12.9. The van der Waals surface area contributed by atoms with Crippen LogP contribution in [0, 0.1) is 6.92 Å². The summed E-state index contributed by atoms with van der Waals surface area (Å²) in [6, 6.07) is 4.35. The van der Waals surface area contributed by atoms with Crippen molar-refractivity contribution in [2.75, 3.05) is 0 Å². The second-order valence-corrected chi connectivity index (χ2v) is 7.35. The minimum absolute atomic E-state index is 0.0382. The van der Waals surface area contributed by atoms with E-state index in [4.69, 9.17) is 9.97 Å². The molecule has 2 rings (SSSR count). The second kappa shape index (κ2) is 4.83. The molecule has 0 aliphatic carbocycles. The highest BCUT2D eigenvalue weighted by molar-refractivity contribution is 5.79. The minimum atomic E-state index is 0.0382. The first-order valence-electron chi connectivity index (χ1n) is 7.44.